The molecule has 0 N–H and O–H groups in total. The van der Waals surface area contributed by atoms with Crippen LogP contribution in [0.4, 0.5) is 5.69 Å². The Morgan fingerprint density at radius 1 is 0.769 bits per heavy atom. The molecule has 26 heavy (non-hydrogen) atoms. The van der Waals surface area contributed by atoms with Gasteiger partial charge in [-0.1, -0.05) is 34.8 Å². The normalized spacial score (nSPS) is 11.9. The second-order valence-corrected chi connectivity index (χ2v) is 6.96. The summed E-state index contributed by atoms with van der Waals surface area (Å²) in [7, 11) is 0. The molecule has 4 rings (SSSR count). The Kier molecular flexibility index (Phi) is 4.54. The third kappa shape index (κ3) is 3.52. The van der Waals surface area contributed by atoms with Crippen LogP contribution >= 0.6 is 23.2 Å². The topological polar surface area (TPSA) is 25.5 Å². The van der Waals surface area contributed by atoms with Crippen LogP contribution in [0.2, 0.25) is 10.0 Å². The van der Waals surface area contributed by atoms with Crippen LogP contribution < -0.4 is 5.36 Å². The third-order valence-corrected chi connectivity index (χ3v) is 4.61. The van der Waals surface area contributed by atoms with Crippen molar-refractivity contribution in [1.82, 2.24) is 0 Å². The molecule has 0 atom stereocenters. The fourth-order valence-electron chi connectivity index (χ4n) is 2.79. The summed E-state index contributed by atoms with van der Waals surface area (Å²) in [6.45, 7) is 2.05. The van der Waals surface area contributed by atoms with E-state index in [0.717, 1.165) is 38.9 Å². The number of aryl methyl sites for hydroxylation is 1. The van der Waals surface area contributed by atoms with Gasteiger partial charge < -0.3 is 4.42 Å². The van der Waals surface area contributed by atoms with Gasteiger partial charge in [0.1, 0.15) is 11.3 Å². The molecule has 0 saturated carbocycles. The van der Waals surface area contributed by atoms with Gasteiger partial charge in [0.25, 0.3) is 0 Å². The first kappa shape index (κ1) is 16.9. The molecule has 0 unspecified atom stereocenters. The lowest BCUT2D eigenvalue weighted by atomic mass is 10.1. The van der Waals surface area contributed by atoms with Gasteiger partial charge in [-0.3, -0.25) is 0 Å². The summed E-state index contributed by atoms with van der Waals surface area (Å²) in [6, 6.07) is 23.1. The number of fused-ring (bicyclic) bond motifs is 1. The first-order chi connectivity index (χ1) is 12.6. The number of nitrogens with zero attached hydrogens (tertiary/aromatic N) is 1. The molecule has 4 heteroatoms. The van der Waals surface area contributed by atoms with Crippen molar-refractivity contribution >= 4 is 39.9 Å². The van der Waals surface area contributed by atoms with Crippen molar-refractivity contribution in [2.75, 3.05) is 0 Å². The minimum Gasteiger partial charge on any atom is -0.456 e. The highest BCUT2D eigenvalue weighted by Crippen LogP contribution is 2.25. The number of rotatable bonds is 2. The first-order valence-corrected chi connectivity index (χ1v) is 8.95. The molecular weight excluding hydrogens is 365 g/mol. The van der Waals surface area contributed by atoms with Gasteiger partial charge in [0.15, 0.2) is 0 Å². The van der Waals surface area contributed by atoms with Crippen molar-refractivity contribution in [2.45, 2.75) is 6.92 Å². The summed E-state index contributed by atoms with van der Waals surface area (Å²) >= 11 is 12.0. The SMILES string of the molecule is Cc1ccc2oc(-c3ccc(Cl)cc3)cc(=Nc3ccc(Cl)cc3)c2c1. The van der Waals surface area contributed by atoms with E-state index in [1.165, 1.54) is 0 Å². The van der Waals surface area contributed by atoms with Gasteiger partial charge in [-0.25, -0.2) is 4.99 Å². The Morgan fingerprint density at radius 2 is 1.42 bits per heavy atom. The first-order valence-electron chi connectivity index (χ1n) is 8.19. The highest BCUT2D eigenvalue weighted by molar-refractivity contribution is 6.30. The average Bonchev–Trinajstić information content (AvgIpc) is 2.64. The molecule has 1 heterocycles. The largest absolute Gasteiger partial charge is 0.456 e. The Labute approximate surface area is 161 Å². The highest BCUT2D eigenvalue weighted by atomic mass is 35.5. The Morgan fingerprint density at radius 3 is 2.12 bits per heavy atom. The predicted molar refractivity (Wildman–Crippen MR) is 108 cm³/mol. The third-order valence-electron chi connectivity index (χ3n) is 4.10. The average molecular weight is 380 g/mol. The number of hydrogen-bond acceptors (Lipinski definition) is 2. The van der Waals surface area contributed by atoms with Gasteiger partial charge in [0.05, 0.1) is 11.0 Å². The van der Waals surface area contributed by atoms with Crippen LogP contribution in [0.1, 0.15) is 5.56 Å². The smallest absolute Gasteiger partial charge is 0.136 e. The summed E-state index contributed by atoms with van der Waals surface area (Å²) in [5.74, 6) is 0.741. The van der Waals surface area contributed by atoms with E-state index >= 15 is 0 Å². The standard InChI is InChI=1S/C22H15Cl2NO/c1-14-2-11-21-19(12-14)20(25-18-9-7-17(24)8-10-18)13-22(26-21)15-3-5-16(23)6-4-15/h2-13H,1H3. The minimum atomic E-state index is 0.689. The fraction of sp³-hybridized carbons (Fsp3) is 0.0455. The maximum Gasteiger partial charge on any atom is 0.136 e. The maximum atomic E-state index is 6.12. The van der Waals surface area contributed by atoms with Crippen LogP contribution in [-0.2, 0) is 0 Å². The van der Waals surface area contributed by atoms with Crippen LogP contribution in [0.15, 0.2) is 82.2 Å². The van der Waals surface area contributed by atoms with Crippen LogP contribution in [0.25, 0.3) is 22.3 Å². The fourth-order valence-corrected chi connectivity index (χ4v) is 3.04. The number of benzene rings is 3. The zero-order valence-corrected chi connectivity index (χ0v) is 15.6. The second-order valence-electron chi connectivity index (χ2n) is 6.09. The van der Waals surface area contributed by atoms with Gasteiger partial charge in [-0.05, 0) is 67.6 Å². The van der Waals surface area contributed by atoms with E-state index in [4.69, 9.17) is 32.6 Å². The summed E-state index contributed by atoms with van der Waals surface area (Å²) in [5, 5.41) is 3.20. The van der Waals surface area contributed by atoms with E-state index in [1.54, 1.807) is 0 Å². The number of hydrogen-bond donors (Lipinski definition) is 0. The van der Waals surface area contributed by atoms with Crippen molar-refractivity contribution in [1.29, 1.82) is 0 Å². The zero-order chi connectivity index (χ0) is 18.1. The van der Waals surface area contributed by atoms with E-state index in [0.29, 0.717) is 10.0 Å². The van der Waals surface area contributed by atoms with E-state index in [-0.39, 0.29) is 0 Å². The lowest BCUT2D eigenvalue weighted by molar-refractivity contribution is 0.618. The minimum absolute atomic E-state index is 0.689. The van der Waals surface area contributed by atoms with E-state index in [9.17, 15) is 0 Å². The molecule has 4 aromatic rings. The van der Waals surface area contributed by atoms with E-state index in [1.807, 2.05) is 66.7 Å². The van der Waals surface area contributed by atoms with Crippen molar-refractivity contribution in [3.8, 4) is 11.3 Å². The highest BCUT2D eigenvalue weighted by Gasteiger charge is 2.07. The molecule has 0 aliphatic rings. The van der Waals surface area contributed by atoms with Gasteiger partial charge in [-0.15, -0.1) is 0 Å². The van der Waals surface area contributed by atoms with Gasteiger partial charge in [-0.2, -0.15) is 0 Å². The van der Waals surface area contributed by atoms with E-state index < -0.39 is 0 Å². The molecule has 2 nitrogen and oxygen atoms in total. The van der Waals surface area contributed by atoms with Gasteiger partial charge in [0.2, 0.25) is 0 Å². The Bertz CT molecular complexity index is 1140. The van der Waals surface area contributed by atoms with E-state index in [2.05, 4.69) is 13.0 Å². The molecule has 0 aliphatic carbocycles. The molecule has 0 fully saturated rings. The lowest BCUT2D eigenvalue weighted by Gasteiger charge is -2.06. The monoisotopic (exact) mass is 379 g/mol. The number of halogens is 2. The summed E-state index contributed by atoms with van der Waals surface area (Å²) in [4.78, 5) is 4.81. The predicted octanol–water partition coefficient (Wildman–Crippen LogP) is 6.95. The zero-order valence-electron chi connectivity index (χ0n) is 14.0. The van der Waals surface area contributed by atoms with Crippen molar-refractivity contribution in [3.05, 3.63) is 93.8 Å². The molecule has 0 spiro atoms. The molecule has 0 bridgehead atoms. The molecular formula is C22H15Cl2NO. The summed E-state index contributed by atoms with van der Waals surface area (Å²) < 4.78 is 6.12. The van der Waals surface area contributed by atoms with Crippen molar-refractivity contribution in [3.63, 3.8) is 0 Å². The molecule has 1 aromatic heterocycles. The Balaban J connectivity index is 1.98. The molecule has 128 valence electrons. The molecule has 0 radical (unpaired) electrons. The van der Waals surface area contributed by atoms with Crippen LogP contribution in [0.3, 0.4) is 0 Å². The quantitative estimate of drug-likeness (QED) is 0.370. The lowest BCUT2D eigenvalue weighted by Crippen LogP contribution is -2.03. The molecule has 3 aromatic carbocycles. The maximum absolute atomic E-state index is 6.12. The van der Waals surface area contributed by atoms with Gasteiger partial charge >= 0.3 is 0 Å². The Hall–Kier alpha value is -2.55. The molecule has 0 amide bonds. The molecule has 0 saturated heterocycles. The van der Waals surface area contributed by atoms with Crippen LogP contribution in [0.5, 0.6) is 0 Å². The van der Waals surface area contributed by atoms with Crippen LogP contribution in [0, 0.1) is 6.92 Å². The van der Waals surface area contributed by atoms with Crippen LogP contribution in [-0.4, -0.2) is 0 Å². The van der Waals surface area contributed by atoms with Crippen molar-refractivity contribution < 1.29 is 4.42 Å². The second kappa shape index (κ2) is 6.99. The summed E-state index contributed by atoms with van der Waals surface area (Å²) in [6.07, 6.45) is 0. The molecule has 0 aliphatic heterocycles. The summed E-state index contributed by atoms with van der Waals surface area (Å²) in [5.41, 5.74) is 3.73. The van der Waals surface area contributed by atoms with Crippen molar-refractivity contribution in [2.24, 2.45) is 4.99 Å². The van der Waals surface area contributed by atoms with Gasteiger partial charge in [0, 0.05) is 27.1 Å².